The van der Waals surface area contributed by atoms with Gasteiger partial charge in [0.15, 0.2) is 0 Å². The largest absolute Gasteiger partial charge is 0.419 e. The molecule has 1 aliphatic rings. The molecule has 0 bridgehead atoms. The van der Waals surface area contributed by atoms with Gasteiger partial charge in [-0.3, -0.25) is 0 Å². The fourth-order valence-electron chi connectivity index (χ4n) is 4.58. The molecule has 1 unspecified atom stereocenters. The smallest absolute Gasteiger partial charge is 0.347 e. The van der Waals surface area contributed by atoms with E-state index in [0.29, 0.717) is 6.54 Å². The number of oxime groups is 1. The van der Waals surface area contributed by atoms with Crippen LogP contribution in [0.15, 0.2) is 53.9 Å². The zero-order chi connectivity index (χ0) is 24.0. The Balaban J connectivity index is 1.57. The summed E-state index contributed by atoms with van der Waals surface area (Å²) < 4.78 is 43.3. The third kappa shape index (κ3) is 3.94. The Kier molecular flexibility index (Phi) is 5.59. The maximum absolute atomic E-state index is 13.0. The van der Waals surface area contributed by atoms with Gasteiger partial charge in [0.1, 0.15) is 11.0 Å². The third-order valence-corrected chi connectivity index (χ3v) is 6.60. The maximum Gasteiger partial charge on any atom is 0.419 e. The van der Waals surface area contributed by atoms with E-state index in [9.17, 15) is 13.2 Å². The summed E-state index contributed by atoms with van der Waals surface area (Å²) in [5.41, 5.74) is 2.92. The van der Waals surface area contributed by atoms with Gasteiger partial charge in [-0.25, -0.2) is 4.98 Å². The highest BCUT2D eigenvalue weighted by Crippen LogP contribution is 2.36. The number of alkyl halides is 3. The van der Waals surface area contributed by atoms with E-state index in [2.05, 4.69) is 30.3 Å². The average Bonchev–Trinajstić information content (AvgIpc) is 3.33. The molecule has 6 nitrogen and oxygen atoms in total. The Hall–Kier alpha value is -3.33. The van der Waals surface area contributed by atoms with E-state index in [1.807, 2.05) is 38.4 Å². The van der Waals surface area contributed by atoms with Crippen LogP contribution in [-0.4, -0.2) is 24.8 Å². The highest BCUT2D eigenvalue weighted by Gasteiger charge is 2.34. The number of benzene rings is 1. The monoisotopic (exact) mass is 487 g/mol. The molecule has 1 atom stereocenters. The molecule has 0 amide bonds. The molecule has 3 aromatic heterocycles. The minimum absolute atomic E-state index is 0.0103. The molecule has 1 aliphatic carbocycles. The van der Waals surface area contributed by atoms with Gasteiger partial charge in [-0.2, -0.15) is 18.2 Å². The number of aryl methyl sites for hydroxylation is 2. The molecular weight excluding hydrogens is 467 g/mol. The number of aromatic nitrogens is 4. The number of rotatable bonds is 4. The van der Waals surface area contributed by atoms with E-state index in [4.69, 9.17) is 16.4 Å². The fraction of sp³-hybridized carbons (Fsp3) is 0.292. The molecule has 0 spiro atoms. The molecular formula is C24H21ClF3N5O. The number of pyridine rings is 1. The first kappa shape index (κ1) is 22.5. The van der Waals surface area contributed by atoms with Crippen molar-refractivity contribution in [3.8, 4) is 5.88 Å². The molecule has 0 fully saturated rings. The minimum atomic E-state index is -4.59. The van der Waals surface area contributed by atoms with Gasteiger partial charge in [0.05, 0.1) is 11.3 Å². The van der Waals surface area contributed by atoms with Crippen LogP contribution in [0.25, 0.3) is 10.9 Å². The van der Waals surface area contributed by atoms with Gasteiger partial charge in [-0.1, -0.05) is 35.0 Å². The van der Waals surface area contributed by atoms with Crippen LogP contribution in [0.1, 0.15) is 29.1 Å². The Bertz CT molecular complexity index is 1410. The molecule has 34 heavy (non-hydrogen) atoms. The van der Waals surface area contributed by atoms with Gasteiger partial charge in [-0.15, -0.1) is 0 Å². The number of para-hydroxylation sites is 1. The van der Waals surface area contributed by atoms with Gasteiger partial charge < -0.3 is 14.0 Å². The highest BCUT2D eigenvalue weighted by molar-refractivity contribution is 6.30. The van der Waals surface area contributed by atoms with Crippen LogP contribution in [-0.2, 0) is 26.2 Å². The van der Waals surface area contributed by atoms with E-state index in [1.54, 1.807) is 6.20 Å². The molecule has 0 saturated heterocycles. The van der Waals surface area contributed by atoms with Crippen LogP contribution in [0.2, 0.25) is 5.15 Å². The van der Waals surface area contributed by atoms with Crippen molar-refractivity contribution in [2.75, 3.05) is 0 Å². The lowest BCUT2D eigenvalue weighted by Crippen LogP contribution is -2.28. The highest BCUT2D eigenvalue weighted by atomic mass is 35.5. The summed E-state index contributed by atoms with van der Waals surface area (Å²) in [6, 6.07) is 10.0. The van der Waals surface area contributed by atoms with Crippen molar-refractivity contribution >= 4 is 28.2 Å². The van der Waals surface area contributed by atoms with Gasteiger partial charge in [0.2, 0.25) is 5.88 Å². The third-order valence-electron chi connectivity index (χ3n) is 6.31. The molecule has 176 valence electrons. The van der Waals surface area contributed by atoms with Crippen molar-refractivity contribution in [1.82, 2.24) is 19.1 Å². The minimum Gasteiger partial charge on any atom is -0.347 e. The van der Waals surface area contributed by atoms with Gasteiger partial charge >= 0.3 is 6.18 Å². The Morgan fingerprint density at radius 1 is 1.21 bits per heavy atom. The lowest BCUT2D eigenvalue weighted by Gasteiger charge is -2.26. The summed E-state index contributed by atoms with van der Waals surface area (Å²) >= 11 is 5.77. The van der Waals surface area contributed by atoms with Gasteiger partial charge in [0.25, 0.3) is 0 Å². The normalized spacial score (nSPS) is 17.4. The summed E-state index contributed by atoms with van der Waals surface area (Å²) in [6.07, 6.45) is 0.774. The summed E-state index contributed by atoms with van der Waals surface area (Å²) in [4.78, 5) is 13.6. The Morgan fingerprint density at radius 3 is 2.71 bits per heavy atom. The number of hydrogen-bond donors (Lipinski definition) is 0. The summed E-state index contributed by atoms with van der Waals surface area (Å²) in [5.74, 6) is 0.798. The predicted molar refractivity (Wildman–Crippen MR) is 123 cm³/mol. The van der Waals surface area contributed by atoms with Crippen molar-refractivity contribution in [2.24, 2.45) is 18.1 Å². The number of nitrogens with zero attached hydrogens (tertiary/aromatic N) is 5. The van der Waals surface area contributed by atoms with Crippen LogP contribution in [0, 0.1) is 12.8 Å². The lowest BCUT2D eigenvalue weighted by atomic mass is 9.84. The van der Waals surface area contributed by atoms with E-state index in [-0.39, 0.29) is 11.8 Å². The zero-order valence-electron chi connectivity index (χ0n) is 18.5. The number of imidazole rings is 1. The van der Waals surface area contributed by atoms with E-state index in [0.717, 1.165) is 58.7 Å². The second kappa shape index (κ2) is 8.47. The van der Waals surface area contributed by atoms with E-state index < -0.39 is 16.9 Å². The molecule has 4 aromatic rings. The first-order chi connectivity index (χ1) is 16.2. The lowest BCUT2D eigenvalue weighted by molar-refractivity contribution is -0.137. The predicted octanol–water partition coefficient (Wildman–Crippen LogP) is 5.80. The number of halogens is 4. The Labute approximate surface area is 198 Å². The summed E-state index contributed by atoms with van der Waals surface area (Å²) in [6.45, 7) is 2.59. The second-order valence-corrected chi connectivity index (χ2v) is 8.67. The van der Waals surface area contributed by atoms with Crippen LogP contribution >= 0.6 is 11.6 Å². The molecule has 5 rings (SSSR count). The summed E-state index contributed by atoms with van der Waals surface area (Å²) in [7, 11) is 2.02. The van der Waals surface area contributed by atoms with Crippen LogP contribution in [0.3, 0.4) is 0 Å². The van der Waals surface area contributed by atoms with Crippen molar-refractivity contribution in [2.45, 2.75) is 32.5 Å². The van der Waals surface area contributed by atoms with Crippen molar-refractivity contribution < 1.29 is 18.0 Å². The molecule has 10 heteroatoms. The van der Waals surface area contributed by atoms with E-state index >= 15 is 0 Å². The second-order valence-electron chi connectivity index (χ2n) is 8.31. The van der Waals surface area contributed by atoms with Crippen molar-refractivity contribution in [3.05, 3.63) is 76.6 Å². The standard InChI is InChI=1S/C24H21ClF3N5O/c1-14-29-11-12-33(14)13-15-7-9-19-21(16-5-3-4-6-18(16)32(19)2)22(15)31-34-20-10-8-17(23(25)30-20)24(26,27)28/h3-6,8,10-12,15H,7,9,13H2,1-2H3. The SMILES string of the molecule is Cc1nccn1CC1CCc2c(c3ccccc3n2C)C1=NOc1ccc(C(F)(F)F)c(Cl)n1. The molecule has 0 saturated carbocycles. The maximum atomic E-state index is 13.0. The van der Waals surface area contributed by atoms with Crippen molar-refractivity contribution in [3.63, 3.8) is 0 Å². The van der Waals surface area contributed by atoms with Gasteiger partial charge in [0, 0.05) is 60.1 Å². The average molecular weight is 488 g/mol. The molecule has 0 N–H and O–H groups in total. The van der Waals surface area contributed by atoms with Crippen LogP contribution in [0.4, 0.5) is 13.2 Å². The Morgan fingerprint density at radius 2 is 2.00 bits per heavy atom. The number of fused-ring (bicyclic) bond motifs is 3. The molecule has 0 aliphatic heterocycles. The molecule has 3 heterocycles. The van der Waals surface area contributed by atoms with Gasteiger partial charge in [-0.05, 0) is 31.9 Å². The first-order valence-corrected chi connectivity index (χ1v) is 11.1. The molecule has 0 radical (unpaired) electrons. The fourth-order valence-corrected chi connectivity index (χ4v) is 4.84. The zero-order valence-corrected chi connectivity index (χ0v) is 19.2. The number of hydrogen-bond acceptors (Lipinski definition) is 4. The van der Waals surface area contributed by atoms with Crippen molar-refractivity contribution in [1.29, 1.82) is 0 Å². The quantitative estimate of drug-likeness (QED) is 0.270. The van der Waals surface area contributed by atoms with Crippen LogP contribution < -0.4 is 4.84 Å². The summed E-state index contributed by atoms with van der Waals surface area (Å²) in [5, 5.41) is 4.82. The first-order valence-electron chi connectivity index (χ1n) is 10.8. The van der Waals surface area contributed by atoms with Crippen LogP contribution in [0.5, 0.6) is 5.88 Å². The molecule has 1 aromatic carbocycles. The van der Waals surface area contributed by atoms with E-state index in [1.165, 1.54) is 0 Å². The topological polar surface area (TPSA) is 57.2 Å².